The second-order valence-corrected chi connectivity index (χ2v) is 3.39. The van der Waals surface area contributed by atoms with Crippen LogP contribution in [0.3, 0.4) is 0 Å². The zero-order chi connectivity index (χ0) is 10.7. The molecule has 1 heterocycles. The van der Waals surface area contributed by atoms with Crippen LogP contribution in [0.4, 0.5) is 0 Å². The molecule has 0 aliphatic heterocycles. The van der Waals surface area contributed by atoms with Crippen LogP contribution >= 0.6 is 0 Å². The highest BCUT2D eigenvalue weighted by atomic mass is 16.5. The molecule has 0 aliphatic carbocycles. The summed E-state index contributed by atoms with van der Waals surface area (Å²) in [5.74, 6) is 0.417. The van der Waals surface area contributed by atoms with Crippen LogP contribution in [-0.2, 0) is 0 Å². The summed E-state index contributed by atoms with van der Waals surface area (Å²) in [5, 5.41) is 7.35. The minimum absolute atomic E-state index is 0.0202. The highest BCUT2D eigenvalue weighted by Crippen LogP contribution is 2.16. The fraction of sp³-hybridized carbons (Fsp3) is 0.400. The highest BCUT2D eigenvalue weighted by molar-refractivity contribution is 5.97. The van der Waals surface area contributed by atoms with E-state index in [2.05, 4.69) is 4.98 Å². The third kappa shape index (κ3) is 2.45. The molecule has 0 saturated carbocycles. The van der Waals surface area contributed by atoms with Crippen LogP contribution in [0.15, 0.2) is 12.1 Å². The number of pyridine rings is 1. The van der Waals surface area contributed by atoms with Gasteiger partial charge in [-0.25, -0.2) is 4.98 Å². The number of amidine groups is 1. The number of aryl methyl sites for hydroxylation is 1. The summed E-state index contributed by atoms with van der Waals surface area (Å²) >= 11 is 0. The van der Waals surface area contributed by atoms with Gasteiger partial charge in [-0.1, -0.05) is 0 Å². The van der Waals surface area contributed by atoms with Gasteiger partial charge in [-0.3, -0.25) is 5.41 Å². The van der Waals surface area contributed by atoms with Crippen molar-refractivity contribution in [1.29, 1.82) is 5.41 Å². The molecule has 4 heteroatoms. The van der Waals surface area contributed by atoms with E-state index in [9.17, 15) is 0 Å². The molecule has 0 amide bonds. The number of ether oxygens (including phenoxy) is 1. The van der Waals surface area contributed by atoms with Gasteiger partial charge in [0.05, 0.1) is 11.7 Å². The van der Waals surface area contributed by atoms with E-state index in [-0.39, 0.29) is 11.9 Å². The monoisotopic (exact) mass is 193 g/mol. The second kappa shape index (κ2) is 4.09. The third-order valence-corrected chi connectivity index (χ3v) is 1.64. The van der Waals surface area contributed by atoms with E-state index in [0.717, 1.165) is 5.69 Å². The molecule has 0 radical (unpaired) electrons. The van der Waals surface area contributed by atoms with Crippen LogP contribution in [0.25, 0.3) is 0 Å². The van der Waals surface area contributed by atoms with Crippen molar-refractivity contribution in [3.8, 4) is 5.88 Å². The van der Waals surface area contributed by atoms with Crippen molar-refractivity contribution in [2.75, 3.05) is 0 Å². The molecule has 1 aromatic heterocycles. The summed E-state index contributed by atoms with van der Waals surface area (Å²) in [6.07, 6.45) is 0.0300. The minimum atomic E-state index is -0.0202. The predicted molar refractivity (Wildman–Crippen MR) is 55.8 cm³/mol. The van der Waals surface area contributed by atoms with Gasteiger partial charge in [0.15, 0.2) is 0 Å². The van der Waals surface area contributed by atoms with Crippen molar-refractivity contribution < 1.29 is 4.74 Å². The molecule has 0 atom stereocenters. The van der Waals surface area contributed by atoms with Crippen LogP contribution < -0.4 is 10.5 Å². The standard InChI is InChI=1S/C10H15N3O/c1-6(2)14-10-8(9(11)12)5-4-7(3)13-10/h4-6H,1-3H3,(H3,11,12). The minimum Gasteiger partial charge on any atom is -0.474 e. The summed E-state index contributed by atoms with van der Waals surface area (Å²) in [6.45, 7) is 5.69. The van der Waals surface area contributed by atoms with Gasteiger partial charge in [-0.2, -0.15) is 0 Å². The fourth-order valence-electron chi connectivity index (χ4n) is 1.05. The van der Waals surface area contributed by atoms with Gasteiger partial charge in [0.25, 0.3) is 0 Å². The quantitative estimate of drug-likeness (QED) is 0.564. The lowest BCUT2D eigenvalue weighted by Crippen LogP contribution is -2.16. The summed E-state index contributed by atoms with van der Waals surface area (Å²) in [5.41, 5.74) is 6.80. The Bertz CT molecular complexity index is 347. The van der Waals surface area contributed by atoms with E-state index in [1.54, 1.807) is 6.07 Å². The van der Waals surface area contributed by atoms with Crippen molar-refractivity contribution >= 4 is 5.84 Å². The molecular weight excluding hydrogens is 178 g/mol. The third-order valence-electron chi connectivity index (χ3n) is 1.64. The van der Waals surface area contributed by atoms with Gasteiger partial charge in [0, 0.05) is 5.69 Å². The molecule has 4 nitrogen and oxygen atoms in total. The number of nitrogens with two attached hydrogens (primary N) is 1. The molecule has 0 aromatic carbocycles. The lowest BCUT2D eigenvalue weighted by Gasteiger charge is -2.12. The highest BCUT2D eigenvalue weighted by Gasteiger charge is 2.09. The lowest BCUT2D eigenvalue weighted by atomic mass is 10.2. The van der Waals surface area contributed by atoms with Gasteiger partial charge in [0.2, 0.25) is 5.88 Å². The topological polar surface area (TPSA) is 72.0 Å². The van der Waals surface area contributed by atoms with E-state index < -0.39 is 0 Å². The largest absolute Gasteiger partial charge is 0.474 e. The molecule has 3 N–H and O–H groups in total. The van der Waals surface area contributed by atoms with Crippen LogP contribution in [0, 0.1) is 12.3 Å². The normalized spacial score (nSPS) is 10.3. The number of hydrogen-bond acceptors (Lipinski definition) is 3. The first-order valence-corrected chi connectivity index (χ1v) is 4.49. The molecule has 76 valence electrons. The maximum Gasteiger partial charge on any atom is 0.224 e. The predicted octanol–water partition coefficient (Wildman–Crippen LogP) is 1.46. The molecule has 0 unspecified atom stereocenters. The molecule has 0 spiro atoms. The average Bonchev–Trinajstić information content (AvgIpc) is 2.01. The summed E-state index contributed by atoms with van der Waals surface area (Å²) in [7, 11) is 0. The van der Waals surface area contributed by atoms with Crippen LogP contribution in [0.2, 0.25) is 0 Å². The van der Waals surface area contributed by atoms with Gasteiger partial charge in [-0.15, -0.1) is 0 Å². The molecule has 14 heavy (non-hydrogen) atoms. The zero-order valence-corrected chi connectivity index (χ0v) is 8.66. The maximum atomic E-state index is 7.35. The summed E-state index contributed by atoms with van der Waals surface area (Å²) in [4.78, 5) is 4.19. The van der Waals surface area contributed by atoms with E-state index >= 15 is 0 Å². The second-order valence-electron chi connectivity index (χ2n) is 3.39. The van der Waals surface area contributed by atoms with Crippen molar-refractivity contribution in [2.45, 2.75) is 26.9 Å². The number of hydrogen-bond donors (Lipinski definition) is 2. The smallest absolute Gasteiger partial charge is 0.224 e. The number of nitrogens with one attached hydrogen (secondary N) is 1. The van der Waals surface area contributed by atoms with E-state index in [0.29, 0.717) is 11.4 Å². The van der Waals surface area contributed by atoms with E-state index in [4.69, 9.17) is 15.9 Å². The van der Waals surface area contributed by atoms with Crippen LogP contribution in [0.5, 0.6) is 5.88 Å². The summed E-state index contributed by atoms with van der Waals surface area (Å²) in [6, 6.07) is 3.56. The van der Waals surface area contributed by atoms with Crippen LogP contribution in [0.1, 0.15) is 25.1 Å². The van der Waals surface area contributed by atoms with Crippen molar-refractivity contribution in [3.63, 3.8) is 0 Å². The van der Waals surface area contributed by atoms with Gasteiger partial charge >= 0.3 is 0 Å². The molecule has 0 saturated heterocycles. The number of nitrogens with zero attached hydrogens (tertiary/aromatic N) is 1. The Labute approximate surface area is 83.6 Å². The Balaban J connectivity index is 3.09. The number of rotatable bonds is 3. The molecule has 1 aromatic rings. The van der Waals surface area contributed by atoms with Crippen molar-refractivity contribution in [3.05, 3.63) is 23.4 Å². The lowest BCUT2D eigenvalue weighted by molar-refractivity contribution is 0.232. The molecule has 0 bridgehead atoms. The first-order chi connectivity index (χ1) is 6.50. The zero-order valence-electron chi connectivity index (χ0n) is 8.66. The fourth-order valence-corrected chi connectivity index (χ4v) is 1.05. The Morgan fingerprint density at radius 1 is 1.50 bits per heavy atom. The van der Waals surface area contributed by atoms with Gasteiger partial charge in [-0.05, 0) is 32.9 Å². The molecule has 1 rings (SSSR count). The molecule has 0 fully saturated rings. The van der Waals surface area contributed by atoms with Crippen molar-refractivity contribution in [1.82, 2.24) is 4.98 Å². The van der Waals surface area contributed by atoms with Gasteiger partial charge in [0.1, 0.15) is 5.84 Å². The maximum absolute atomic E-state index is 7.35. The van der Waals surface area contributed by atoms with Gasteiger partial charge < -0.3 is 10.5 Å². The first-order valence-electron chi connectivity index (χ1n) is 4.49. The molecular formula is C10H15N3O. The Morgan fingerprint density at radius 3 is 2.64 bits per heavy atom. The SMILES string of the molecule is Cc1ccc(C(=N)N)c(OC(C)C)n1. The number of aromatic nitrogens is 1. The average molecular weight is 193 g/mol. The molecule has 0 aliphatic rings. The van der Waals surface area contributed by atoms with Crippen LogP contribution in [-0.4, -0.2) is 16.9 Å². The van der Waals surface area contributed by atoms with Crippen molar-refractivity contribution in [2.24, 2.45) is 5.73 Å². The number of nitrogen functional groups attached to an aromatic ring is 1. The van der Waals surface area contributed by atoms with E-state index in [1.165, 1.54) is 0 Å². The Hall–Kier alpha value is -1.58. The summed E-state index contributed by atoms with van der Waals surface area (Å²) < 4.78 is 5.46. The van der Waals surface area contributed by atoms with E-state index in [1.807, 2.05) is 26.8 Å². The first kappa shape index (κ1) is 10.5. The Kier molecular flexibility index (Phi) is 3.06. The Morgan fingerprint density at radius 2 is 2.14 bits per heavy atom.